The number of amides is 1. The van der Waals surface area contributed by atoms with E-state index in [1.54, 1.807) is 24.3 Å². The highest BCUT2D eigenvalue weighted by Crippen LogP contribution is 2.29. The molecule has 6 nitrogen and oxygen atoms in total. The maximum absolute atomic E-state index is 12.7. The third-order valence-electron chi connectivity index (χ3n) is 6.27. The Morgan fingerprint density at radius 2 is 1.81 bits per heavy atom. The largest absolute Gasteiger partial charge is 0.348 e. The van der Waals surface area contributed by atoms with Gasteiger partial charge in [0.15, 0.2) is 6.54 Å². The number of benzene rings is 1. The minimum atomic E-state index is -3.43. The zero-order valence-electron chi connectivity index (χ0n) is 16.4. The van der Waals surface area contributed by atoms with Crippen LogP contribution in [-0.2, 0) is 14.8 Å². The molecule has 0 unspecified atom stereocenters. The molecular formula is C20H32N3O3S+. The second-order valence-corrected chi connectivity index (χ2v) is 10.0. The van der Waals surface area contributed by atoms with Crippen LogP contribution in [0.4, 0.5) is 0 Å². The summed E-state index contributed by atoms with van der Waals surface area (Å²) >= 11 is 0. The van der Waals surface area contributed by atoms with Gasteiger partial charge in [0.25, 0.3) is 5.91 Å². The second kappa shape index (κ2) is 8.71. The zero-order chi connectivity index (χ0) is 19.4. The highest BCUT2D eigenvalue weighted by Gasteiger charge is 2.32. The van der Waals surface area contributed by atoms with E-state index in [9.17, 15) is 13.2 Å². The molecule has 1 amide bonds. The molecule has 1 saturated carbocycles. The van der Waals surface area contributed by atoms with Crippen LogP contribution >= 0.6 is 0 Å². The molecule has 7 heteroatoms. The first kappa shape index (κ1) is 20.3. The first-order valence-electron chi connectivity index (χ1n) is 10.1. The smallest absolute Gasteiger partial charge is 0.275 e. The molecule has 0 spiro atoms. The Hall–Kier alpha value is -1.44. The summed E-state index contributed by atoms with van der Waals surface area (Å²) in [5.74, 6) is 1.27. The van der Waals surface area contributed by atoms with Crippen molar-refractivity contribution in [3.8, 4) is 0 Å². The molecule has 1 saturated heterocycles. The summed E-state index contributed by atoms with van der Waals surface area (Å²) < 4.78 is 26.9. The first-order valence-corrected chi connectivity index (χ1v) is 11.5. The van der Waals surface area contributed by atoms with Gasteiger partial charge in [0, 0.05) is 6.04 Å². The minimum absolute atomic E-state index is 0.0929. The molecule has 0 aromatic heterocycles. The molecule has 2 N–H and O–H groups in total. The van der Waals surface area contributed by atoms with E-state index in [0.29, 0.717) is 49.5 Å². The average molecular weight is 395 g/mol. The summed E-state index contributed by atoms with van der Waals surface area (Å²) in [4.78, 5) is 14.0. The number of carbonyl (C=O) groups excluding carboxylic acids is 1. The Balaban J connectivity index is 1.49. The van der Waals surface area contributed by atoms with Crippen LogP contribution in [0.25, 0.3) is 0 Å². The van der Waals surface area contributed by atoms with Gasteiger partial charge in [0.05, 0.1) is 31.1 Å². The number of sulfonamides is 1. The van der Waals surface area contributed by atoms with Gasteiger partial charge in [-0.05, 0) is 30.4 Å². The Morgan fingerprint density at radius 1 is 1.15 bits per heavy atom. The highest BCUT2D eigenvalue weighted by atomic mass is 32.2. The maximum Gasteiger partial charge on any atom is 0.275 e. The van der Waals surface area contributed by atoms with Gasteiger partial charge in [0.2, 0.25) is 10.0 Å². The number of rotatable bonds is 5. The van der Waals surface area contributed by atoms with Gasteiger partial charge in [0.1, 0.15) is 0 Å². The van der Waals surface area contributed by atoms with E-state index in [-0.39, 0.29) is 11.9 Å². The van der Waals surface area contributed by atoms with Crippen molar-refractivity contribution in [3.05, 3.63) is 30.3 Å². The molecule has 1 aliphatic heterocycles. The summed E-state index contributed by atoms with van der Waals surface area (Å²) in [7, 11) is -3.43. The van der Waals surface area contributed by atoms with Gasteiger partial charge in [-0.1, -0.05) is 44.9 Å². The standard InChI is InChI=1S/C20H31N3O3S/c1-16-7-6-10-19(17(16)2)21-20(24)15-22-11-13-23(14-12-22)27(25,26)18-8-4-3-5-9-18/h3-5,8-9,16-17,19H,6-7,10-15H2,1-2H3,(H,21,24)/p+1/t16-,17-,19-/m1/s1. The van der Waals surface area contributed by atoms with Crippen molar-refractivity contribution in [2.75, 3.05) is 32.7 Å². The number of carbonyl (C=O) groups is 1. The minimum Gasteiger partial charge on any atom is -0.348 e. The third kappa shape index (κ3) is 4.89. The molecule has 3 rings (SSSR count). The van der Waals surface area contributed by atoms with Gasteiger partial charge < -0.3 is 10.2 Å². The molecule has 2 aliphatic rings. The van der Waals surface area contributed by atoms with Crippen LogP contribution in [0.5, 0.6) is 0 Å². The van der Waals surface area contributed by atoms with Crippen molar-refractivity contribution in [1.82, 2.24) is 9.62 Å². The second-order valence-electron chi connectivity index (χ2n) is 8.09. The average Bonchev–Trinajstić information content (AvgIpc) is 2.66. The fourth-order valence-corrected chi connectivity index (χ4v) is 5.69. The van der Waals surface area contributed by atoms with Crippen molar-refractivity contribution in [2.45, 2.75) is 44.0 Å². The molecule has 27 heavy (non-hydrogen) atoms. The van der Waals surface area contributed by atoms with Crippen LogP contribution in [0.15, 0.2) is 35.2 Å². The molecule has 2 fully saturated rings. The Bertz CT molecular complexity index is 730. The van der Waals surface area contributed by atoms with E-state index in [2.05, 4.69) is 19.2 Å². The molecular weight excluding hydrogens is 362 g/mol. The fraction of sp³-hybridized carbons (Fsp3) is 0.650. The molecule has 3 atom stereocenters. The Labute approximate surface area is 163 Å². The van der Waals surface area contributed by atoms with Crippen molar-refractivity contribution in [1.29, 1.82) is 0 Å². The van der Waals surface area contributed by atoms with Gasteiger partial charge >= 0.3 is 0 Å². The molecule has 150 valence electrons. The van der Waals surface area contributed by atoms with Crippen molar-refractivity contribution in [3.63, 3.8) is 0 Å². The molecule has 1 aliphatic carbocycles. The lowest BCUT2D eigenvalue weighted by Gasteiger charge is -2.35. The summed E-state index contributed by atoms with van der Waals surface area (Å²) in [5, 5.41) is 3.22. The van der Waals surface area contributed by atoms with E-state index >= 15 is 0 Å². The first-order chi connectivity index (χ1) is 12.9. The number of quaternary nitrogens is 1. The lowest BCUT2D eigenvalue weighted by molar-refractivity contribution is -0.895. The summed E-state index contributed by atoms with van der Waals surface area (Å²) in [6, 6.07) is 8.84. The van der Waals surface area contributed by atoms with Crippen LogP contribution in [0.1, 0.15) is 33.1 Å². The fourth-order valence-electron chi connectivity index (χ4n) is 4.23. The predicted octanol–water partition coefficient (Wildman–Crippen LogP) is 0.517. The number of nitrogens with one attached hydrogen (secondary N) is 2. The SMILES string of the molecule is C[C@@H]1[C@H](C)CCC[C@H]1NC(=O)C[NH+]1CCN(S(=O)(=O)c2ccccc2)CC1. The predicted molar refractivity (Wildman–Crippen MR) is 105 cm³/mol. The van der Waals surface area contributed by atoms with E-state index in [4.69, 9.17) is 0 Å². The lowest BCUT2D eigenvalue weighted by atomic mass is 9.78. The molecule has 1 aromatic rings. The lowest BCUT2D eigenvalue weighted by Crippen LogP contribution is -3.15. The summed E-state index contributed by atoms with van der Waals surface area (Å²) in [5.41, 5.74) is 0. The highest BCUT2D eigenvalue weighted by molar-refractivity contribution is 7.89. The van der Waals surface area contributed by atoms with Crippen LogP contribution in [0.3, 0.4) is 0 Å². The van der Waals surface area contributed by atoms with Gasteiger partial charge in [-0.2, -0.15) is 4.31 Å². The van der Waals surface area contributed by atoms with Crippen LogP contribution in [-0.4, -0.2) is 57.4 Å². The topological polar surface area (TPSA) is 70.9 Å². The molecule has 0 radical (unpaired) electrons. The monoisotopic (exact) mass is 394 g/mol. The van der Waals surface area contributed by atoms with Crippen LogP contribution < -0.4 is 10.2 Å². The Morgan fingerprint density at radius 3 is 2.48 bits per heavy atom. The molecule has 0 bridgehead atoms. The maximum atomic E-state index is 12.7. The normalized spacial score (nSPS) is 28.0. The number of hydrogen-bond donors (Lipinski definition) is 2. The van der Waals surface area contributed by atoms with Crippen molar-refractivity contribution in [2.24, 2.45) is 11.8 Å². The summed E-state index contributed by atoms with van der Waals surface area (Å²) in [6.07, 6.45) is 3.49. The molecule has 1 aromatic carbocycles. The third-order valence-corrected chi connectivity index (χ3v) is 8.19. The van der Waals surface area contributed by atoms with E-state index in [1.807, 2.05) is 6.07 Å². The number of nitrogens with zero attached hydrogens (tertiary/aromatic N) is 1. The van der Waals surface area contributed by atoms with Gasteiger partial charge in [-0.25, -0.2) is 8.42 Å². The van der Waals surface area contributed by atoms with Crippen molar-refractivity contribution < 1.29 is 18.1 Å². The van der Waals surface area contributed by atoms with Crippen molar-refractivity contribution >= 4 is 15.9 Å². The van der Waals surface area contributed by atoms with E-state index in [0.717, 1.165) is 11.3 Å². The number of hydrogen-bond acceptors (Lipinski definition) is 3. The molecule has 1 heterocycles. The summed E-state index contributed by atoms with van der Waals surface area (Å²) in [6.45, 7) is 7.16. The Kier molecular flexibility index (Phi) is 6.55. The van der Waals surface area contributed by atoms with Crippen LogP contribution in [0, 0.1) is 11.8 Å². The van der Waals surface area contributed by atoms with Gasteiger partial charge in [-0.15, -0.1) is 0 Å². The van der Waals surface area contributed by atoms with Crippen LogP contribution in [0.2, 0.25) is 0 Å². The van der Waals surface area contributed by atoms with Gasteiger partial charge in [-0.3, -0.25) is 4.79 Å². The number of piperazine rings is 1. The van der Waals surface area contributed by atoms with E-state index < -0.39 is 10.0 Å². The zero-order valence-corrected chi connectivity index (χ0v) is 17.2. The van der Waals surface area contributed by atoms with E-state index in [1.165, 1.54) is 17.1 Å². The quantitative estimate of drug-likeness (QED) is 0.765.